The van der Waals surface area contributed by atoms with E-state index in [0.717, 1.165) is 4.31 Å². The van der Waals surface area contributed by atoms with Crippen molar-refractivity contribution in [3.05, 3.63) is 54.1 Å². The van der Waals surface area contributed by atoms with Crippen molar-refractivity contribution in [3.8, 4) is 23.8 Å². The van der Waals surface area contributed by atoms with Crippen molar-refractivity contribution in [3.63, 3.8) is 0 Å². The average Bonchev–Trinajstić information content (AvgIpc) is 2.72. The van der Waals surface area contributed by atoms with Gasteiger partial charge in [-0.15, -0.1) is 6.42 Å². The van der Waals surface area contributed by atoms with Crippen molar-refractivity contribution in [1.29, 1.82) is 0 Å². The highest BCUT2D eigenvalue weighted by Crippen LogP contribution is 2.22. The predicted octanol–water partition coefficient (Wildman–Crippen LogP) is 1.40. The minimum absolute atomic E-state index is 0.0280. The summed E-state index contributed by atoms with van der Waals surface area (Å²) in [4.78, 5) is 11.6. The van der Waals surface area contributed by atoms with Crippen molar-refractivity contribution < 1.29 is 27.9 Å². The van der Waals surface area contributed by atoms with Crippen LogP contribution in [0, 0.1) is 12.3 Å². The monoisotopic (exact) mass is 404 g/mol. The molecular formula is C19H20N2O6S. The molecule has 1 amide bonds. The summed E-state index contributed by atoms with van der Waals surface area (Å²) in [6.45, 7) is -0.568. The number of amides is 1. The van der Waals surface area contributed by atoms with E-state index in [1.54, 1.807) is 24.3 Å². The number of hydrogen-bond donors (Lipinski definition) is 2. The molecule has 2 aromatic rings. The molecule has 0 spiro atoms. The number of nitrogens with one attached hydrogen (secondary N) is 1. The van der Waals surface area contributed by atoms with E-state index in [4.69, 9.17) is 21.1 Å². The summed E-state index contributed by atoms with van der Waals surface area (Å²) in [5.41, 5.74) is 2.09. The Kier molecular flexibility index (Phi) is 7.40. The Bertz CT molecular complexity index is 934. The van der Waals surface area contributed by atoms with E-state index in [2.05, 4.69) is 5.92 Å². The first-order chi connectivity index (χ1) is 13.4. The third-order valence-corrected chi connectivity index (χ3v) is 5.55. The molecule has 0 radical (unpaired) electrons. The number of terminal acetylenes is 1. The molecule has 0 unspecified atom stereocenters. The summed E-state index contributed by atoms with van der Waals surface area (Å²) in [7, 11) is -2.50. The fourth-order valence-corrected chi connectivity index (χ4v) is 3.72. The molecule has 9 heteroatoms. The molecule has 8 nitrogen and oxygen atoms in total. The molecule has 0 aliphatic rings. The lowest BCUT2D eigenvalue weighted by atomic mass is 10.2. The van der Waals surface area contributed by atoms with Crippen LogP contribution in [0.25, 0.3) is 0 Å². The fraction of sp³-hybridized carbons (Fsp3) is 0.211. The molecule has 0 saturated heterocycles. The number of benzene rings is 2. The first kappa shape index (κ1) is 21.2. The van der Waals surface area contributed by atoms with Crippen LogP contribution >= 0.6 is 0 Å². The number of sulfonamides is 1. The first-order valence-electron chi connectivity index (χ1n) is 8.13. The van der Waals surface area contributed by atoms with Gasteiger partial charge in [-0.3, -0.25) is 10.0 Å². The van der Waals surface area contributed by atoms with Gasteiger partial charge < -0.3 is 9.47 Å². The van der Waals surface area contributed by atoms with Crippen molar-refractivity contribution in [2.75, 3.05) is 20.3 Å². The Morgan fingerprint density at radius 1 is 1.14 bits per heavy atom. The number of methoxy groups -OCH3 is 1. The van der Waals surface area contributed by atoms with Crippen LogP contribution in [0.5, 0.6) is 11.5 Å². The number of hydrogen-bond acceptors (Lipinski definition) is 6. The molecule has 0 atom stereocenters. The smallest absolute Gasteiger partial charge is 0.258 e. The van der Waals surface area contributed by atoms with Crippen LogP contribution in [0.2, 0.25) is 0 Å². The van der Waals surface area contributed by atoms with Gasteiger partial charge in [-0.25, -0.2) is 13.9 Å². The molecule has 2 rings (SSSR count). The molecule has 2 N–H and O–H groups in total. The van der Waals surface area contributed by atoms with Crippen molar-refractivity contribution in [2.24, 2.45) is 0 Å². The number of carbonyl (C=O) groups is 1. The van der Waals surface area contributed by atoms with Crippen molar-refractivity contribution in [2.45, 2.75) is 11.4 Å². The van der Waals surface area contributed by atoms with Gasteiger partial charge in [-0.2, -0.15) is 4.31 Å². The van der Waals surface area contributed by atoms with Gasteiger partial charge in [-0.05, 0) is 42.0 Å². The Morgan fingerprint density at radius 2 is 1.75 bits per heavy atom. The highest BCUT2D eigenvalue weighted by atomic mass is 32.2. The fourth-order valence-electron chi connectivity index (χ4n) is 2.34. The van der Waals surface area contributed by atoms with Crippen LogP contribution in [0.1, 0.15) is 5.56 Å². The van der Waals surface area contributed by atoms with Crippen LogP contribution in [-0.2, 0) is 21.4 Å². The second kappa shape index (κ2) is 9.75. The molecule has 0 aromatic heterocycles. The maximum atomic E-state index is 13.0. The van der Waals surface area contributed by atoms with Gasteiger partial charge in [0.2, 0.25) is 10.0 Å². The van der Waals surface area contributed by atoms with Crippen LogP contribution in [0.15, 0.2) is 53.4 Å². The minimum Gasteiger partial charge on any atom is -0.497 e. The van der Waals surface area contributed by atoms with E-state index in [-0.39, 0.29) is 18.0 Å². The number of rotatable bonds is 9. The van der Waals surface area contributed by atoms with E-state index in [1.807, 2.05) is 0 Å². The van der Waals surface area contributed by atoms with Crippen molar-refractivity contribution in [1.82, 2.24) is 9.79 Å². The van der Waals surface area contributed by atoms with Gasteiger partial charge in [0.15, 0.2) is 0 Å². The van der Waals surface area contributed by atoms with E-state index in [0.29, 0.717) is 17.1 Å². The first-order valence-corrected chi connectivity index (χ1v) is 9.57. The molecule has 0 bridgehead atoms. The average molecular weight is 404 g/mol. The lowest BCUT2D eigenvalue weighted by Crippen LogP contribution is -2.39. The second-order valence-electron chi connectivity index (χ2n) is 5.62. The largest absolute Gasteiger partial charge is 0.497 e. The number of carbonyl (C=O) groups excluding carboxylic acids is 1. The Balaban J connectivity index is 2.29. The van der Waals surface area contributed by atoms with Crippen LogP contribution < -0.4 is 15.0 Å². The predicted molar refractivity (Wildman–Crippen MR) is 101 cm³/mol. The third-order valence-electron chi connectivity index (χ3n) is 3.75. The lowest BCUT2D eigenvalue weighted by molar-refractivity contribution is -0.129. The summed E-state index contributed by atoms with van der Waals surface area (Å²) >= 11 is 0. The Morgan fingerprint density at radius 3 is 2.29 bits per heavy atom. The van der Waals surface area contributed by atoms with Gasteiger partial charge in [0.1, 0.15) is 18.1 Å². The normalized spacial score (nSPS) is 10.9. The third kappa shape index (κ3) is 5.47. The molecule has 0 saturated carbocycles. The van der Waals surface area contributed by atoms with Gasteiger partial charge in [0, 0.05) is 6.54 Å². The van der Waals surface area contributed by atoms with Crippen molar-refractivity contribution >= 4 is 15.9 Å². The Labute approximate surface area is 163 Å². The second-order valence-corrected chi connectivity index (χ2v) is 7.56. The zero-order chi connectivity index (χ0) is 20.6. The van der Waals surface area contributed by atoms with Gasteiger partial charge in [0.25, 0.3) is 5.91 Å². The van der Waals surface area contributed by atoms with Gasteiger partial charge in [0.05, 0.1) is 18.6 Å². The highest BCUT2D eigenvalue weighted by Gasteiger charge is 2.27. The summed E-state index contributed by atoms with van der Waals surface area (Å²) in [5.74, 6) is 2.50. The number of hydroxylamine groups is 1. The van der Waals surface area contributed by atoms with Crippen LogP contribution in [0.4, 0.5) is 0 Å². The highest BCUT2D eigenvalue weighted by molar-refractivity contribution is 7.89. The molecule has 0 aliphatic carbocycles. The SMILES string of the molecule is C#CCOc1ccc(S(=O)(=O)N(CC(=O)NO)Cc2ccc(OC)cc2)cc1. The summed E-state index contributed by atoms with van der Waals surface area (Å²) in [5, 5.41) is 8.80. The molecule has 148 valence electrons. The summed E-state index contributed by atoms with van der Waals surface area (Å²) in [6.07, 6.45) is 5.12. The molecule has 0 fully saturated rings. The zero-order valence-electron chi connectivity index (χ0n) is 15.2. The maximum Gasteiger partial charge on any atom is 0.258 e. The lowest BCUT2D eigenvalue weighted by Gasteiger charge is -2.21. The zero-order valence-corrected chi connectivity index (χ0v) is 16.0. The van der Waals surface area contributed by atoms with E-state index in [1.165, 1.54) is 36.9 Å². The molecule has 0 aliphatic heterocycles. The molecule has 0 heterocycles. The van der Waals surface area contributed by atoms with Gasteiger partial charge >= 0.3 is 0 Å². The number of nitrogens with zero attached hydrogens (tertiary/aromatic N) is 1. The molecule has 28 heavy (non-hydrogen) atoms. The minimum atomic E-state index is -4.02. The molecule has 2 aromatic carbocycles. The summed E-state index contributed by atoms with van der Waals surface area (Å²) < 4.78 is 37.3. The quantitative estimate of drug-likeness (QED) is 0.372. The Hall–Kier alpha value is -3.06. The van der Waals surface area contributed by atoms with E-state index >= 15 is 0 Å². The van der Waals surface area contributed by atoms with Gasteiger partial charge in [-0.1, -0.05) is 18.1 Å². The standard InChI is InChI=1S/C19H20N2O6S/c1-3-12-27-17-8-10-18(11-9-17)28(24,25)21(14-19(22)20-23)13-15-4-6-16(26-2)7-5-15/h1,4-11,23H,12-14H2,2H3,(H,20,22). The van der Waals surface area contributed by atoms with E-state index < -0.39 is 22.5 Å². The van der Waals surface area contributed by atoms with Crippen LogP contribution in [0.3, 0.4) is 0 Å². The number of ether oxygens (including phenoxy) is 2. The van der Waals surface area contributed by atoms with E-state index in [9.17, 15) is 13.2 Å². The summed E-state index contributed by atoms with van der Waals surface area (Å²) in [6, 6.07) is 12.4. The van der Waals surface area contributed by atoms with Crippen LogP contribution in [-0.4, -0.2) is 44.1 Å². The molecular weight excluding hydrogens is 384 g/mol. The topological polar surface area (TPSA) is 105 Å². The maximum absolute atomic E-state index is 13.0.